The largest absolute Gasteiger partial charge is 0.350 e. The molecule has 0 aliphatic rings. The zero-order chi connectivity index (χ0) is 15.3. The second-order valence-electron chi connectivity index (χ2n) is 5.76. The van der Waals surface area contributed by atoms with Gasteiger partial charge >= 0.3 is 0 Å². The second kappa shape index (κ2) is 6.84. The third kappa shape index (κ3) is 4.30. The van der Waals surface area contributed by atoms with Gasteiger partial charge in [-0.1, -0.05) is 32.9 Å². The summed E-state index contributed by atoms with van der Waals surface area (Å²) < 4.78 is 0. The van der Waals surface area contributed by atoms with E-state index >= 15 is 0 Å². The van der Waals surface area contributed by atoms with Gasteiger partial charge in [-0.25, -0.2) is 0 Å². The fraction of sp³-hybridized carbons (Fsp3) is 0.500. The van der Waals surface area contributed by atoms with Crippen molar-refractivity contribution < 1.29 is 4.79 Å². The number of thiocarbonyl (C=S) groups is 1. The smallest absolute Gasteiger partial charge is 0.257 e. The Balaban J connectivity index is 2.76. The van der Waals surface area contributed by atoms with Crippen molar-refractivity contribution in [3.63, 3.8) is 0 Å². The molecule has 0 aliphatic carbocycles. The maximum atomic E-state index is 12.1. The summed E-state index contributed by atoms with van der Waals surface area (Å²) in [6.45, 7) is 12.1. The molecule has 0 heterocycles. The van der Waals surface area contributed by atoms with Crippen LogP contribution in [0.3, 0.4) is 0 Å². The van der Waals surface area contributed by atoms with Gasteiger partial charge in [0.2, 0.25) is 0 Å². The molecule has 3 nitrogen and oxygen atoms in total. The summed E-state index contributed by atoms with van der Waals surface area (Å²) >= 11 is 5.23. The first-order valence-electron chi connectivity index (χ1n) is 7.00. The van der Waals surface area contributed by atoms with Crippen LogP contribution >= 0.6 is 12.2 Å². The molecule has 0 radical (unpaired) electrons. The minimum absolute atomic E-state index is 0.0888. The number of amides is 1. The lowest BCUT2D eigenvalue weighted by atomic mass is 9.87. The van der Waals surface area contributed by atoms with Crippen molar-refractivity contribution in [1.29, 1.82) is 0 Å². The number of rotatable bonds is 3. The SMILES string of the molecule is CCN(CC)C(=S)NC(=O)c1ccc(C(C)(C)C)cc1. The van der Waals surface area contributed by atoms with Gasteiger partial charge in [0.25, 0.3) is 5.91 Å². The van der Waals surface area contributed by atoms with Crippen LogP contribution in [0.5, 0.6) is 0 Å². The fourth-order valence-electron chi connectivity index (χ4n) is 1.88. The van der Waals surface area contributed by atoms with Crippen LogP contribution < -0.4 is 5.32 Å². The maximum absolute atomic E-state index is 12.1. The highest BCUT2D eigenvalue weighted by Crippen LogP contribution is 2.22. The van der Waals surface area contributed by atoms with Crippen LogP contribution in [-0.2, 0) is 5.41 Å². The monoisotopic (exact) mass is 292 g/mol. The predicted octanol–water partition coefficient (Wildman–Crippen LogP) is 3.34. The highest BCUT2D eigenvalue weighted by atomic mass is 32.1. The molecular weight excluding hydrogens is 268 g/mol. The van der Waals surface area contributed by atoms with E-state index in [1.54, 1.807) is 0 Å². The van der Waals surface area contributed by atoms with Crippen molar-refractivity contribution in [2.45, 2.75) is 40.0 Å². The summed E-state index contributed by atoms with van der Waals surface area (Å²) in [4.78, 5) is 14.1. The minimum atomic E-state index is -0.151. The van der Waals surface area contributed by atoms with E-state index in [1.807, 2.05) is 43.0 Å². The Morgan fingerprint density at radius 2 is 1.65 bits per heavy atom. The number of carbonyl (C=O) groups excluding carboxylic acids is 1. The van der Waals surface area contributed by atoms with Gasteiger partial charge in [0, 0.05) is 18.7 Å². The molecule has 1 aromatic carbocycles. The summed E-state index contributed by atoms with van der Waals surface area (Å²) in [6, 6.07) is 7.69. The zero-order valence-corrected chi connectivity index (χ0v) is 13.8. The summed E-state index contributed by atoms with van der Waals surface area (Å²) in [5.74, 6) is -0.151. The number of hydrogen-bond acceptors (Lipinski definition) is 2. The highest BCUT2D eigenvalue weighted by Gasteiger charge is 2.15. The molecule has 1 amide bonds. The summed E-state index contributed by atoms with van der Waals surface area (Å²) in [5, 5.41) is 3.26. The van der Waals surface area contributed by atoms with Crippen molar-refractivity contribution in [1.82, 2.24) is 10.2 Å². The van der Waals surface area contributed by atoms with Crippen LogP contribution in [-0.4, -0.2) is 29.0 Å². The minimum Gasteiger partial charge on any atom is -0.350 e. The summed E-state index contributed by atoms with van der Waals surface area (Å²) in [6.07, 6.45) is 0. The Morgan fingerprint density at radius 3 is 2.05 bits per heavy atom. The average Bonchev–Trinajstić information content (AvgIpc) is 2.39. The van der Waals surface area contributed by atoms with Gasteiger partial charge < -0.3 is 4.90 Å². The van der Waals surface area contributed by atoms with Crippen molar-refractivity contribution in [3.05, 3.63) is 35.4 Å². The Labute approximate surface area is 127 Å². The molecule has 1 rings (SSSR count). The first-order valence-corrected chi connectivity index (χ1v) is 7.41. The highest BCUT2D eigenvalue weighted by molar-refractivity contribution is 7.80. The van der Waals surface area contributed by atoms with E-state index in [4.69, 9.17) is 12.2 Å². The van der Waals surface area contributed by atoms with Crippen LogP contribution in [0.2, 0.25) is 0 Å². The fourth-order valence-corrected chi connectivity index (χ4v) is 2.23. The molecule has 0 atom stereocenters. The third-order valence-corrected chi connectivity index (χ3v) is 3.64. The van der Waals surface area contributed by atoms with E-state index in [2.05, 4.69) is 26.1 Å². The summed E-state index contributed by atoms with van der Waals surface area (Å²) in [7, 11) is 0. The summed E-state index contributed by atoms with van der Waals surface area (Å²) in [5.41, 5.74) is 1.93. The van der Waals surface area contributed by atoms with Gasteiger partial charge in [0.1, 0.15) is 0 Å². The number of carbonyl (C=O) groups is 1. The second-order valence-corrected chi connectivity index (χ2v) is 6.15. The lowest BCUT2D eigenvalue weighted by Gasteiger charge is -2.22. The topological polar surface area (TPSA) is 32.3 Å². The Bertz CT molecular complexity index is 470. The predicted molar refractivity (Wildman–Crippen MR) is 88.1 cm³/mol. The molecule has 4 heteroatoms. The number of hydrogen-bond donors (Lipinski definition) is 1. The van der Waals surface area contributed by atoms with Gasteiger partial charge in [-0.2, -0.15) is 0 Å². The number of nitrogens with zero attached hydrogens (tertiary/aromatic N) is 1. The van der Waals surface area contributed by atoms with Gasteiger partial charge in [-0.15, -0.1) is 0 Å². The Morgan fingerprint density at radius 1 is 1.15 bits per heavy atom. The van der Waals surface area contributed by atoms with Crippen LogP contribution in [0.25, 0.3) is 0 Å². The maximum Gasteiger partial charge on any atom is 0.257 e. The van der Waals surface area contributed by atoms with Gasteiger partial charge in [0.15, 0.2) is 5.11 Å². The molecule has 0 bridgehead atoms. The third-order valence-electron chi connectivity index (χ3n) is 3.28. The molecule has 0 aliphatic heterocycles. The van der Waals surface area contributed by atoms with Crippen LogP contribution in [0.4, 0.5) is 0 Å². The molecule has 0 saturated heterocycles. The normalized spacial score (nSPS) is 11.1. The van der Waals surface area contributed by atoms with E-state index in [-0.39, 0.29) is 11.3 Å². The standard InChI is InChI=1S/C16H24N2OS/c1-6-18(7-2)15(20)17-14(19)12-8-10-13(11-9-12)16(3,4)5/h8-11H,6-7H2,1-5H3,(H,17,19,20). The van der Waals surface area contributed by atoms with Crippen LogP contribution in [0.15, 0.2) is 24.3 Å². The quantitative estimate of drug-likeness (QED) is 0.867. The van der Waals surface area contributed by atoms with Crippen LogP contribution in [0.1, 0.15) is 50.5 Å². The molecule has 0 fully saturated rings. The number of benzene rings is 1. The molecular formula is C16H24N2OS. The zero-order valence-electron chi connectivity index (χ0n) is 13.0. The van der Waals surface area contributed by atoms with E-state index in [0.717, 1.165) is 13.1 Å². The first kappa shape index (κ1) is 16.6. The van der Waals surface area contributed by atoms with E-state index in [0.29, 0.717) is 10.7 Å². The molecule has 1 aromatic rings. The van der Waals surface area contributed by atoms with E-state index in [1.165, 1.54) is 5.56 Å². The lowest BCUT2D eigenvalue weighted by Crippen LogP contribution is -2.42. The Hall–Kier alpha value is -1.42. The van der Waals surface area contributed by atoms with Crippen molar-refractivity contribution in [2.24, 2.45) is 0 Å². The van der Waals surface area contributed by atoms with Crippen molar-refractivity contribution in [2.75, 3.05) is 13.1 Å². The van der Waals surface area contributed by atoms with E-state index in [9.17, 15) is 4.79 Å². The molecule has 1 N–H and O–H groups in total. The van der Waals surface area contributed by atoms with Gasteiger partial charge in [0.05, 0.1) is 0 Å². The average molecular weight is 292 g/mol. The van der Waals surface area contributed by atoms with Gasteiger partial charge in [-0.3, -0.25) is 10.1 Å². The van der Waals surface area contributed by atoms with Crippen molar-refractivity contribution >= 4 is 23.2 Å². The molecule has 0 aromatic heterocycles. The molecule has 110 valence electrons. The Kier molecular flexibility index (Phi) is 5.69. The number of nitrogens with one attached hydrogen (secondary N) is 1. The molecule has 0 unspecified atom stereocenters. The molecule has 20 heavy (non-hydrogen) atoms. The van der Waals surface area contributed by atoms with E-state index < -0.39 is 0 Å². The van der Waals surface area contributed by atoms with Gasteiger partial charge in [-0.05, 0) is 49.2 Å². The van der Waals surface area contributed by atoms with Crippen molar-refractivity contribution in [3.8, 4) is 0 Å². The lowest BCUT2D eigenvalue weighted by molar-refractivity contribution is 0.0973. The molecule has 0 saturated carbocycles. The first-order chi connectivity index (χ1) is 9.29. The molecule has 0 spiro atoms. The van der Waals surface area contributed by atoms with Crippen LogP contribution in [0, 0.1) is 0 Å².